The van der Waals surface area contributed by atoms with Crippen molar-refractivity contribution in [1.29, 1.82) is 0 Å². The van der Waals surface area contributed by atoms with Crippen LogP contribution in [0.25, 0.3) is 0 Å². The number of rotatable bonds is 4. The molecule has 0 amide bonds. The van der Waals surface area contributed by atoms with Crippen LogP contribution in [0.1, 0.15) is 0 Å². The molecule has 3 aromatic rings. The van der Waals surface area contributed by atoms with E-state index in [1.54, 1.807) is 42.6 Å². The van der Waals surface area contributed by atoms with Gasteiger partial charge in [-0.3, -0.25) is 0 Å². The van der Waals surface area contributed by atoms with Gasteiger partial charge in [0.2, 0.25) is 5.95 Å². The molecule has 1 heterocycles. The summed E-state index contributed by atoms with van der Waals surface area (Å²) >= 11 is 3.37. The fraction of sp³-hybridized carbons (Fsp3) is 0. The summed E-state index contributed by atoms with van der Waals surface area (Å²) in [6.07, 6.45) is 1.60. The molecule has 7 heteroatoms. The van der Waals surface area contributed by atoms with Gasteiger partial charge in [0.25, 0.3) is 0 Å². The summed E-state index contributed by atoms with van der Waals surface area (Å²) in [5.74, 6) is 0.748. The van der Waals surface area contributed by atoms with Crippen molar-refractivity contribution < 1.29 is 9.50 Å². The summed E-state index contributed by atoms with van der Waals surface area (Å²) in [6.45, 7) is 0. The number of anilines is 4. The SMILES string of the molecule is Oc1cccc(Nc2ncc(Br)c(Nc3ccc(F)cc3)n2)c1. The van der Waals surface area contributed by atoms with Gasteiger partial charge in [0, 0.05) is 23.6 Å². The van der Waals surface area contributed by atoms with Gasteiger partial charge in [-0.1, -0.05) is 6.07 Å². The number of phenolic OH excluding ortho intramolecular Hbond substituents is 1. The van der Waals surface area contributed by atoms with E-state index >= 15 is 0 Å². The first kappa shape index (κ1) is 15.2. The normalized spacial score (nSPS) is 10.3. The highest BCUT2D eigenvalue weighted by molar-refractivity contribution is 9.10. The third-order valence-electron chi connectivity index (χ3n) is 2.95. The van der Waals surface area contributed by atoms with E-state index < -0.39 is 0 Å². The molecule has 0 bridgehead atoms. The van der Waals surface area contributed by atoms with Crippen molar-refractivity contribution in [1.82, 2.24) is 9.97 Å². The summed E-state index contributed by atoms with van der Waals surface area (Å²) in [7, 11) is 0. The zero-order chi connectivity index (χ0) is 16.2. The number of halogens is 2. The van der Waals surface area contributed by atoms with E-state index in [1.807, 2.05) is 0 Å². The van der Waals surface area contributed by atoms with Crippen LogP contribution in [0.5, 0.6) is 5.75 Å². The van der Waals surface area contributed by atoms with Crippen LogP contribution in [-0.4, -0.2) is 15.1 Å². The van der Waals surface area contributed by atoms with Crippen LogP contribution in [-0.2, 0) is 0 Å². The number of aromatic hydroxyl groups is 1. The Balaban J connectivity index is 1.82. The molecule has 1 aromatic heterocycles. The average molecular weight is 375 g/mol. The molecule has 0 spiro atoms. The minimum atomic E-state index is -0.302. The molecule has 0 atom stereocenters. The van der Waals surface area contributed by atoms with Gasteiger partial charge in [-0.15, -0.1) is 0 Å². The summed E-state index contributed by atoms with van der Waals surface area (Å²) < 4.78 is 13.6. The molecule has 0 aliphatic heterocycles. The number of benzene rings is 2. The van der Waals surface area contributed by atoms with Gasteiger partial charge in [-0.2, -0.15) is 4.98 Å². The number of nitrogens with one attached hydrogen (secondary N) is 2. The van der Waals surface area contributed by atoms with Crippen molar-refractivity contribution in [2.45, 2.75) is 0 Å². The monoisotopic (exact) mass is 374 g/mol. The smallest absolute Gasteiger partial charge is 0.229 e. The summed E-state index contributed by atoms with van der Waals surface area (Å²) in [5, 5.41) is 15.6. The van der Waals surface area contributed by atoms with Crippen molar-refractivity contribution in [3.63, 3.8) is 0 Å². The average Bonchev–Trinajstić information content (AvgIpc) is 2.53. The Morgan fingerprint density at radius 3 is 2.52 bits per heavy atom. The predicted molar refractivity (Wildman–Crippen MR) is 90.8 cm³/mol. The fourth-order valence-electron chi connectivity index (χ4n) is 1.90. The van der Waals surface area contributed by atoms with E-state index in [-0.39, 0.29) is 11.6 Å². The standard InChI is InChI=1S/C16H12BrFN4O/c17-14-9-19-16(21-12-2-1-3-13(23)8-12)22-15(14)20-11-6-4-10(18)5-7-11/h1-9,23H,(H2,19,20,21,22). The molecule has 0 aliphatic rings. The van der Waals surface area contributed by atoms with Gasteiger partial charge in [0.1, 0.15) is 17.4 Å². The zero-order valence-corrected chi connectivity index (χ0v) is 13.4. The number of nitrogens with zero attached hydrogens (tertiary/aromatic N) is 2. The van der Waals surface area contributed by atoms with Crippen molar-refractivity contribution in [2.75, 3.05) is 10.6 Å². The molecular formula is C16H12BrFN4O. The lowest BCUT2D eigenvalue weighted by molar-refractivity contribution is 0.475. The maximum Gasteiger partial charge on any atom is 0.229 e. The van der Waals surface area contributed by atoms with Crippen molar-refractivity contribution >= 4 is 39.1 Å². The second-order valence-electron chi connectivity index (χ2n) is 4.70. The quantitative estimate of drug-likeness (QED) is 0.623. The van der Waals surface area contributed by atoms with E-state index in [9.17, 15) is 9.50 Å². The van der Waals surface area contributed by atoms with Crippen LogP contribution in [0.3, 0.4) is 0 Å². The highest BCUT2D eigenvalue weighted by Gasteiger charge is 2.06. The van der Waals surface area contributed by atoms with Crippen LogP contribution in [0.4, 0.5) is 27.5 Å². The molecule has 23 heavy (non-hydrogen) atoms. The largest absolute Gasteiger partial charge is 0.508 e. The fourth-order valence-corrected chi connectivity index (χ4v) is 2.19. The lowest BCUT2D eigenvalue weighted by Gasteiger charge is -2.10. The van der Waals surface area contributed by atoms with Crippen LogP contribution in [0, 0.1) is 5.82 Å². The third-order valence-corrected chi connectivity index (χ3v) is 3.53. The molecule has 0 radical (unpaired) electrons. The molecule has 0 aliphatic carbocycles. The van der Waals surface area contributed by atoms with Gasteiger partial charge in [-0.25, -0.2) is 9.37 Å². The van der Waals surface area contributed by atoms with E-state index in [2.05, 4.69) is 36.5 Å². The van der Waals surface area contributed by atoms with Crippen molar-refractivity contribution in [3.05, 3.63) is 65.0 Å². The van der Waals surface area contributed by atoms with Gasteiger partial charge in [0.15, 0.2) is 0 Å². The van der Waals surface area contributed by atoms with Crippen molar-refractivity contribution in [2.24, 2.45) is 0 Å². The minimum absolute atomic E-state index is 0.150. The Labute approximate surface area is 140 Å². The molecule has 0 saturated carbocycles. The second kappa shape index (κ2) is 6.62. The molecule has 3 rings (SSSR count). The van der Waals surface area contributed by atoms with E-state index in [0.717, 1.165) is 0 Å². The first-order valence-electron chi connectivity index (χ1n) is 6.71. The maximum atomic E-state index is 13.0. The van der Waals surface area contributed by atoms with E-state index in [1.165, 1.54) is 12.1 Å². The number of hydrogen-bond donors (Lipinski definition) is 3. The Hall–Kier alpha value is -2.67. The molecule has 0 saturated heterocycles. The Morgan fingerprint density at radius 2 is 1.78 bits per heavy atom. The van der Waals surface area contributed by atoms with Crippen LogP contribution in [0.2, 0.25) is 0 Å². The first-order valence-corrected chi connectivity index (χ1v) is 7.50. The summed E-state index contributed by atoms with van der Waals surface area (Å²) in [5.41, 5.74) is 1.37. The Morgan fingerprint density at radius 1 is 1.00 bits per heavy atom. The maximum absolute atomic E-state index is 13.0. The van der Waals surface area contributed by atoms with Crippen LogP contribution in [0.15, 0.2) is 59.2 Å². The molecule has 0 fully saturated rings. The molecule has 5 nitrogen and oxygen atoms in total. The molecule has 116 valence electrons. The zero-order valence-electron chi connectivity index (χ0n) is 11.8. The highest BCUT2D eigenvalue weighted by Crippen LogP contribution is 2.26. The molecule has 3 N–H and O–H groups in total. The summed E-state index contributed by atoms with van der Waals surface area (Å²) in [4.78, 5) is 8.53. The minimum Gasteiger partial charge on any atom is -0.508 e. The van der Waals surface area contributed by atoms with Crippen molar-refractivity contribution in [3.8, 4) is 5.75 Å². The van der Waals surface area contributed by atoms with Crippen LogP contribution < -0.4 is 10.6 Å². The first-order chi connectivity index (χ1) is 11.1. The number of aromatic nitrogens is 2. The Kier molecular flexibility index (Phi) is 4.38. The van der Waals surface area contributed by atoms with E-state index in [4.69, 9.17) is 0 Å². The molecular weight excluding hydrogens is 363 g/mol. The van der Waals surface area contributed by atoms with Gasteiger partial charge >= 0.3 is 0 Å². The lowest BCUT2D eigenvalue weighted by Crippen LogP contribution is -2.01. The van der Waals surface area contributed by atoms with Crippen LogP contribution >= 0.6 is 15.9 Å². The molecule has 2 aromatic carbocycles. The number of hydrogen-bond acceptors (Lipinski definition) is 5. The molecule has 0 unspecified atom stereocenters. The van der Waals surface area contributed by atoms with Gasteiger partial charge in [0.05, 0.1) is 4.47 Å². The topological polar surface area (TPSA) is 70.1 Å². The Bertz CT molecular complexity index is 827. The van der Waals surface area contributed by atoms with E-state index in [0.29, 0.717) is 27.6 Å². The van der Waals surface area contributed by atoms with Gasteiger partial charge in [-0.05, 0) is 52.3 Å². The predicted octanol–water partition coefficient (Wildman–Crippen LogP) is 4.57. The number of phenols is 1. The van der Waals surface area contributed by atoms with Gasteiger partial charge < -0.3 is 15.7 Å². The highest BCUT2D eigenvalue weighted by atomic mass is 79.9. The lowest BCUT2D eigenvalue weighted by atomic mass is 10.3. The summed E-state index contributed by atoms with van der Waals surface area (Å²) in [6, 6.07) is 12.6. The second-order valence-corrected chi connectivity index (χ2v) is 5.55. The third kappa shape index (κ3) is 3.95.